The second kappa shape index (κ2) is 7.68. The van der Waals surface area contributed by atoms with E-state index in [1.54, 1.807) is 24.3 Å². The molecule has 0 radical (unpaired) electrons. The highest BCUT2D eigenvalue weighted by molar-refractivity contribution is 5.81. The Balaban J connectivity index is 2.33. The highest BCUT2D eigenvalue weighted by Gasteiger charge is 2.13. The number of nitrogens with one attached hydrogen (secondary N) is 1. The van der Waals surface area contributed by atoms with Gasteiger partial charge in [-0.2, -0.15) is 0 Å². The van der Waals surface area contributed by atoms with Crippen molar-refractivity contribution in [3.8, 4) is 5.75 Å². The van der Waals surface area contributed by atoms with Crippen molar-refractivity contribution in [2.24, 2.45) is 5.73 Å². The molecule has 0 spiro atoms. The molecular formula is C13H20N2O3. The summed E-state index contributed by atoms with van der Waals surface area (Å²) in [6.45, 7) is 0.665. The van der Waals surface area contributed by atoms with E-state index in [0.29, 0.717) is 19.4 Å². The number of amides is 1. The standard InChI is InChI=1S/C13H20N2O3/c14-12(13(18)15-7-1-2-8-16)9-10-3-5-11(17)6-4-10/h3-6,12,16-17H,1-2,7-9,14H2,(H,15,18). The van der Waals surface area contributed by atoms with Crippen LogP contribution < -0.4 is 11.1 Å². The van der Waals surface area contributed by atoms with Crippen molar-refractivity contribution in [2.45, 2.75) is 25.3 Å². The van der Waals surface area contributed by atoms with Gasteiger partial charge in [0.2, 0.25) is 5.91 Å². The Labute approximate surface area is 107 Å². The first-order valence-electron chi connectivity index (χ1n) is 6.05. The highest BCUT2D eigenvalue weighted by atomic mass is 16.3. The normalized spacial score (nSPS) is 12.1. The van der Waals surface area contributed by atoms with Crippen molar-refractivity contribution in [2.75, 3.05) is 13.2 Å². The third kappa shape index (κ3) is 5.16. The number of nitrogens with two attached hydrogens (primary N) is 1. The molecule has 18 heavy (non-hydrogen) atoms. The van der Waals surface area contributed by atoms with Gasteiger partial charge in [0.25, 0.3) is 0 Å². The lowest BCUT2D eigenvalue weighted by molar-refractivity contribution is -0.122. The van der Waals surface area contributed by atoms with Gasteiger partial charge in [-0.1, -0.05) is 12.1 Å². The molecule has 1 unspecified atom stereocenters. The Morgan fingerprint density at radius 1 is 1.28 bits per heavy atom. The summed E-state index contributed by atoms with van der Waals surface area (Å²) < 4.78 is 0. The number of hydrogen-bond donors (Lipinski definition) is 4. The molecule has 0 aliphatic heterocycles. The molecule has 5 N–H and O–H groups in total. The molecule has 1 rings (SSSR count). The van der Waals surface area contributed by atoms with Crippen molar-refractivity contribution in [3.05, 3.63) is 29.8 Å². The number of rotatable bonds is 7. The summed E-state index contributed by atoms with van der Waals surface area (Å²) in [6, 6.07) is 6.04. The largest absolute Gasteiger partial charge is 0.508 e. The molecule has 1 atom stereocenters. The van der Waals surface area contributed by atoms with Crippen molar-refractivity contribution in [3.63, 3.8) is 0 Å². The zero-order valence-electron chi connectivity index (χ0n) is 10.3. The van der Waals surface area contributed by atoms with Crippen molar-refractivity contribution < 1.29 is 15.0 Å². The van der Waals surface area contributed by atoms with Crippen LogP contribution in [0.3, 0.4) is 0 Å². The predicted octanol–water partition coefficient (Wildman–Crippen LogP) is 0.151. The minimum atomic E-state index is -0.594. The van der Waals surface area contributed by atoms with Crippen LogP contribution in [0.4, 0.5) is 0 Å². The topological polar surface area (TPSA) is 95.6 Å². The van der Waals surface area contributed by atoms with E-state index in [-0.39, 0.29) is 18.3 Å². The molecule has 0 fully saturated rings. The number of benzene rings is 1. The number of carbonyl (C=O) groups is 1. The van der Waals surface area contributed by atoms with Crippen LogP contribution in [0, 0.1) is 0 Å². The first-order chi connectivity index (χ1) is 8.63. The smallest absolute Gasteiger partial charge is 0.237 e. The van der Waals surface area contributed by atoms with Gasteiger partial charge in [-0.25, -0.2) is 0 Å². The fraction of sp³-hybridized carbons (Fsp3) is 0.462. The number of aliphatic hydroxyl groups is 1. The van der Waals surface area contributed by atoms with Gasteiger partial charge >= 0.3 is 0 Å². The third-order valence-corrected chi connectivity index (χ3v) is 2.61. The fourth-order valence-corrected chi connectivity index (χ4v) is 1.56. The molecule has 0 aromatic heterocycles. The number of carbonyl (C=O) groups excluding carboxylic acids is 1. The molecule has 5 heteroatoms. The Morgan fingerprint density at radius 2 is 1.94 bits per heavy atom. The third-order valence-electron chi connectivity index (χ3n) is 2.61. The second-order valence-corrected chi connectivity index (χ2v) is 4.20. The summed E-state index contributed by atoms with van der Waals surface area (Å²) in [5.41, 5.74) is 6.69. The molecule has 0 bridgehead atoms. The van der Waals surface area contributed by atoms with Gasteiger partial charge in [0.15, 0.2) is 0 Å². The maximum Gasteiger partial charge on any atom is 0.237 e. The number of unbranched alkanes of at least 4 members (excludes halogenated alkanes) is 1. The molecule has 0 saturated heterocycles. The van der Waals surface area contributed by atoms with Gasteiger partial charge in [0, 0.05) is 13.2 Å². The van der Waals surface area contributed by atoms with Gasteiger partial charge in [-0.3, -0.25) is 4.79 Å². The number of phenolic OH excluding ortho intramolecular Hbond substituents is 1. The van der Waals surface area contributed by atoms with E-state index < -0.39 is 6.04 Å². The molecular weight excluding hydrogens is 232 g/mol. The van der Waals surface area contributed by atoms with Gasteiger partial charge in [0.1, 0.15) is 5.75 Å². The van der Waals surface area contributed by atoms with E-state index in [2.05, 4.69) is 5.32 Å². The van der Waals surface area contributed by atoms with Gasteiger partial charge in [-0.05, 0) is 37.0 Å². The van der Waals surface area contributed by atoms with Crippen LogP contribution in [-0.4, -0.2) is 35.3 Å². The maximum atomic E-state index is 11.6. The van der Waals surface area contributed by atoms with E-state index in [1.165, 1.54) is 0 Å². The van der Waals surface area contributed by atoms with Crippen molar-refractivity contribution >= 4 is 5.91 Å². The van der Waals surface area contributed by atoms with Gasteiger partial charge in [0.05, 0.1) is 6.04 Å². The molecule has 1 amide bonds. The van der Waals surface area contributed by atoms with Crippen LogP contribution in [0.1, 0.15) is 18.4 Å². The quantitative estimate of drug-likeness (QED) is 0.519. The molecule has 0 heterocycles. The Bertz CT molecular complexity index is 365. The predicted molar refractivity (Wildman–Crippen MR) is 69.1 cm³/mol. The monoisotopic (exact) mass is 252 g/mol. The summed E-state index contributed by atoms with van der Waals surface area (Å²) in [5, 5.41) is 20.5. The van der Waals surface area contributed by atoms with E-state index in [9.17, 15) is 4.79 Å². The minimum Gasteiger partial charge on any atom is -0.508 e. The van der Waals surface area contributed by atoms with Crippen LogP contribution in [0.5, 0.6) is 5.75 Å². The Kier molecular flexibility index (Phi) is 6.18. The molecule has 1 aromatic carbocycles. The zero-order chi connectivity index (χ0) is 13.4. The lowest BCUT2D eigenvalue weighted by Gasteiger charge is -2.12. The van der Waals surface area contributed by atoms with Crippen molar-refractivity contribution in [1.29, 1.82) is 0 Å². The second-order valence-electron chi connectivity index (χ2n) is 4.20. The number of aliphatic hydroxyl groups excluding tert-OH is 1. The molecule has 100 valence electrons. The average Bonchev–Trinajstić information content (AvgIpc) is 2.37. The average molecular weight is 252 g/mol. The summed E-state index contributed by atoms with van der Waals surface area (Å²) >= 11 is 0. The molecule has 0 saturated carbocycles. The first kappa shape index (κ1) is 14.5. The Morgan fingerprint density at radius 3 is 2.56 bits per heavy atom. The van der Waals surface area contributed by atoms with Crippen LogP contribution in [0.25, 0.3) is 0 Å². The Hall–Kier alpha value is -1.59. The lowest BCUT2D eigenvalue weighted by Crippen LogP contribution is -2.42. The van der Waals surface area contributed by atoms with Gasteiger partial charge < -0.3 is 21.3 Å². The number of aromatic hydroxyl groups is 1. The van der Waals surface area contributed by atoms with E-state index >= 15 is 0 Å². The van der Waals surface area contributed by atoms with Crippen molar-refractivity contribution in [1.82, 2.24) is 5.32 Å². The molecule has 1 aromatic rings. The number of phenols is 1. The summed E-state index contributed by atoms with van der Waals surface area (Å²) in [5.74, 6) is 0.00166. The SMILES string of the molecule is NC(Cc1ccc(O)cc1)C(=O)NCCCCO. The lowest BCUT2D eigenvalue weighted by atomic mass is 10.1. The van der Waals surface area contributed by atoms with Crippen LogP contribution >= 0.6 is 0 Å². The molecule has 0 aliphatic carbocycles. The zero-order valence-corrected chi connectivity index (χ0v) is 10.3. The molecule has 5 nitrogen and oxygen atoms in total. The summed E-state index contributed by atoms with van der Waals surface area (Å²) in [6.07, 6.45) is 1.85. The molecule has 0 aliphatic rings. The minimum absolute atomic E-state index is 0.134. The highest BCUT2D eigenvalue weighted by Crippen LogP contribution is 2.10. The van der Waals surface area contributed by atoms with E-state index in [0.717, 1.165) is 12.0 Å². The van der Waals surface area contributed by atoms with Crippen LogP contribution in [0.15, 0.2) is 24.3 Å². The summed E-state index contributed by atoms with van der Waals surface area (Å²) in [7, 11) is 0. The number of hydrogen-bond acceptors (Lipinski definition) is 4. The maximum absolute atomic E-state index is 11.6. The van der Waals surface area contributed by atoms with Crippen LogP contribution in [-0.2, 0) is 11.2 Å². The first-order valence-corrected chi connectivity index (χ1v) is 6.05. The van der Waals surface area contributed by atoms with E-state index in [1.807, 2.05) is 0 Å². The van der Waals surface area contributed by atoms with E-state index in [4.69, 9.17) is 15.9 Å². The fourth-order valence-electron chi connectivity index (χ4n) is 1.56. The van der Waals surface area contributed by atoms with Crippen LogP contribution in [0.2, 0.25) is 0 Å². The van der Waals surface area contributed by atoms with Gasteiger partial charge in [-0.15, -0.1) is 0 Å². The summed E-state index contributed by atoms with van der Waals surface area (Å²) in [4.78, 5) is 11.6.